The molecule has 0 heterocycles. The molecule has 12 aromatic carbocycles. The SMILES string of the molecule is Oc1c2cc(CN(c3ccccc3)c3ccccc3)cc1Cc1cc(CN(c3ccccc3)c3ccccc3)cc(c1O)Cc1cc(CN(c3ccccc3)c3ccccc3)cc(c1O)Cc1cc(CN(c3ccccc3)c3ccccc3)cc(c1O)C2. The zero-order chi connectivity index (χ0) is 59.8. The number of phenols is 4. The van der Waals surface area contributed by atoms with E-state index in [0.717, 1.165) is 67.8 Å². The van der Waals surface area contributed by atoms with Gasteiger partial charge in [-0.15, -0.1) is 0 Å². The molecule has 88 heavy (non-hydrogen) atoms. The number of rotatable bonds is 16. The van der Waals surface area contributed by atoms with Crippen molar-refractivity contribution in [2.75, 3.05) is 19.6 Å². The normalized spacial score (nSPS) is 11.8. The van der Waals surface area contributed by atoms with Crippen LogP contribution in [0.2, 0.25) is 0 Å². The molecular weight excluding hydrogens is 1080 g/mol. The number of phenolic OH excluding ortho intramolecular Hbond substituents is 4. The maximum absolute atomic E-state index is 13.0. The molecule has 0 amide bonds. The summed E-state index contributed by atoms with van der Waals surface area (Å²) in [5, 5.41) is 52.0. The van der Waals surface area contributed by atoms with Crippen molar-refractivity contribution in [3.63, 3.8) is 0 Å². The van der Waals surface area contributed by atoms with Crippen molar-refractivity contribution in [3.05, 3.63) is 358 Å². The molecule has 0 unspecified atom stereocenters. The van der Waals surface area contributed by atoms with E-state index in [4.69, 9.17) is 0 Å². The van der Waals surface area contributed by atoms with Gasteiger partial charge in [-0.25, -0.2) is 0 Å². The molecule has 1 aliphatic carbocycles. The molecule has 0 atom stereocenters. The summed E-state index contributed by atoms with van der Waals surface area (Å²) in [6.07, 6.45) is 0.696. The van der Waals surface area contributed by atoms with E-state index in [0.29, 0.717) is 70.7 Å². The van der Waals surface area contributed by atoms with Crippen LogP contribution >= 0.6 is 0 Å². The van der Waals surface area contributed by atoms with E-state index in [2.05, 4.69) is 165 Å². The second-order valence-corrected chi connectivity index (χ2v) is 22.8. The van der Waals surface area contributed by atoms with Crippen LogP contribution in [0.1, 0.15) is 66.8 Å². The molecule has 12 aromatic rings. The van der Waals surface area contributed by atoms with Gasteiger partial charge in [0.1, 0.15) is 23.0 Å². The Morgan fingerprint density at radius 3 is 0.443 bits per heavy atom. The molecule has 0 saturated heterocycles. The van der Waals surface area contributed by atoms with Gasteiger partial charge in [-0.3, -0.25) is 0 Å². The Kier molecular flexibility index (Phi) is 16.4. The summed E-state index contributed by atoms with van der Waals surface area (Å²) in [4.78, 5) is 9.09. The number of hydrogen-bond donors (Lipinski definition) is 4. The van der Waals surface area contributed by atoms with Gasteiger partial charge in [0.25, 0.3) is 0 Å². The van der Waals surface area contributed by atoms with Crippen molar-refractivity contribution in [1.29, 1.82) is 0 Å². The number of para-hydroxylation sites is 8. The van der Waals surface area contributed by atoms with E-state index in [9.17, 15) is 20.4 Å². The van der Waals surface area contributed by atoms with Crippen LogP contribution in [0.25, 0.3) is 0 Å². The Labute approximate surface area is 515 Å². The highest BCUT2D eigenvalue weighted by Crippen LogP contribution is 2.42. The summed E-state index contributed by atoms with van der Waals surface area (Å²) in [6.45, 7) is 1.82. The zero-order valence-corrected chi connectivity index (χ0v) is 48.9. The molecular formula is C80H68N4O4. The fourth-order valence-electron chi connectivity index (χ4n) is 12.5. The first-order chi connectivity index (χ1) is 43.2. The summed E-state index contributed by atoms with van der Waals surface area (Å²) in [5.74, 6) is 0.384. The van der Waals surface area contributed by atoms with Crippen molar-refractivity contribution >= 4 is 45.5 Å². The lowest BCUT2D eigenvalue weighted by Gasteiger charge is -2.28. The smallest absolute Gasteiger partial charge is 0.122 e. The molecule has 0 aromatic heterocycles. The number of anilines is 8. The van der Waals surface area contributed by atoms with Gasteiger partial charge in [0, 0.05) is 97.4 Å². The van der Waals surface area contributed by atoms with Gasteiger partial charge in [-0.2, -0.15) is 0 Å². The van der Waals surface area contributed by atoms with Crippen molar-refractivity contribution in [3.8, 4) is 23.0 Å². The average Bonchev–Trinajstić information content (AvgIpc) is 2.21. The Bertz CT molecular complexity index is 3500. The van der Waals surface area contributed by atoms with Gasteiger partial charge in [0.15, 0.2) is 0 Å². The molecule has 0 radical (unpaired) electrons. The van der Waals surface area contributed by atoms with Crippen LogP contribution < -0.4 is 19.6 Å². The minimum absolute atomic E-state index is 0.0961. The molecule has 4 N–H and O–H groups in total. The van der Waals surface area contributed by atoms with Crippen molar-refractivity contribution in [1.82, 2.24) is 0 Å². The third kappa shape index (κ3) is 12.6. The number of benzene rings is 12. The molecule has 432 valence electrons. The number of hydrogen-bond acceptors (Lipinski definition) is 8. The predicted octanol–water partition coefficient (Wildman–Crippen LogP) is 18.5. The lowest BCUT2D eigenvalue weighted by molar-refractivity contribution is 0.450. The first kappa shape index (κ1) is 56.2. The monoisotopic (exact) mass is 1150 g/mol. The van der Waals surface area contributed by atoms with Crippen molar-refractivity contribution in [2.24, 2.45) is 0 Å². The van der Waals surface area contributed by atoms with Crippen LogP contribution in [0.3, 0.4) is 0 Å². The molecule has 0 spiro atoms. The van der Waals surface area contributed by atoms with E-state index in [1.54, 1.807) is 0 Å². The molecule has 13 rings (SSSR count). The third-order valence-electron chi connectivity index (χ3n) is 16.7. The summed E-state index contributed by atoms with van der Waals surface area (Å²) in [6, 6.07) is 99.1. The zero-order valence-electron chi connectivity index (χ0n) is 48.9. The van der Waals surface area contributed by atoms with Gasteiger partial charge in [-0.05, 0) is 212 Å². The second kappa shape index (κ2) is 25.7. The minimum atomic E-state index is 0.0961. The fourth-order valence-corrected chi connectivity index (χ4v) is 12.5. The first-order valence-corrected chi connectivity index (χ1v) is 30.1. The highest BCUT2D eigenvalue weighted by molar-refractivity contribution is 5.69. The van der Waals surface area contributed by atoms with Crippen LogP contribution in [0.4, 0.5) is 45.5 Å². The van der Waals surface area contributed by atoms with Gasteiger partial charge in [-0.1, -0.05) is 146 Å². The van der Waals surface area contributed by atoms with Gasteiger partial charge >= 0.3 is 0 Å². The summed E-state index contributed by atoms with van der Waals surface area (Å²) >= 11 is 0. The van der Waals surface area contributed by atoms with Crippen molar-refractivity contribution in [2.45, 2.75) is 51.9 Å². The predicted molar refractivity (Wildman–Crippen MR) is 359 cm³/mol. The average molecular weight is 1150 g/mol. The van der Waals surface area contributed by atoms with E-state index in [1.807, 2.05) is 146 Å². The van der Waals surface area contributed by atoms with Crippen LogP contribution in [-0.4, -0.2) is 20.4 Å². The first-order valence-electron chi connectivity index (χ1n) is 30.1. The Morgan fingerprint density at radius 2 is 0.318 bits per heavy atom. The maximum atomic E-state index is 13.0. The molecule has 0 saturated carbocycles. The number of aromatic hydroxyl groups is 4. The van der Waals surface area contributed by atoms with Crippen LogP contribution in [0.15, 0.2) is 291 Å². The van der Waals surface area contributed by atoms with Gasteiger partial charge < -0.3 is 40.0 Å². The van der Waals surface area contributed by atoms with Gasteiger partial charge in [0.2, 0.25) is 0 Å². The Hall–Kier alpha value is -11.0. The summed E-state index contributed by atoms with van der Waals surface area (Å²) in [7, 11) is 0. The standard InChI is InChI=1S/C80H68N4O4/c85-77-61-41-57(53-81(69-25-9-1-10-26-69)70-27-11-2-12-28-70)42-62(77)50-64-44-59(55-83(73-33-17-5-18-34-73)74-35-19-6-20-36-74)46-66(79(64)87)52-68-48-60(56-84(75-37-21-7-22-38-75)76-39-23-8-24-40-76)47-67(80(68)88)51-65-45-58(43-63(49-61)78(65)86)54-82(71-29-13-3-14-30-71)72-31-15-4-16-32-72/h1-48,85-88H,49-56H2. The summed E-state index contributed by atoms with van der Waals surface area (Å²) < 4.78 is 0. The highest BCUT2D eigenvalue weighted by atomic mass is 16.3. The van der Waals surface area contributed by atoms with Crippen LogP contribution in [-0.2, 0) is 51.9 Å². The fraction of sp³-hybridized carbons (Fsp3) is 0.100. The maximum Gasteiger partial charge on any atom is 0.122 e. The highest BCUT2D eigenvalue weighted by Gasteiger charge is 2.25. The minimum Gasteiger partial charge on any atom is -0.507 e. The van der Waals surface area contributed by atoms with Gasteiger partial charge in [0.05, 0.1) is 0 Å². The van der Waals surface area contributed by atoms with E-state index < -0.39 is 0 Å². The molecule has 8 heteroatoms. The summed E-state index contributed by atoms with van der Waals surface area (Å²) in [5.41, 5.74) is 16.9. The molecule has 8 nitrogen and oxygen atoms in total. The lowest BCUT2D eigenvalue weighted by Crippen LogP contribution is -2.18. The molecule has 1 aliphatic rings. The van der Waals surface area contributed by atoms with E-state index >= 15 is 0 Å². The van der Waals surface area contributed by atoms with E-state index in [-0.39, 0.29) is 48.7 Å². The number of nitrogens with zero attached hydrogens (tertiary/aromatic N) is 4. The molecule has 0 fully saturated rings. The van der Waals surface area contributed by atoms with Crippen LogP contribution in [0.5, 0.6) is 23.0 Å². The molecule has 0 aliphatic heterocycles. The van der Waals surface area contributed by atoms with E-state index in [1.165, 1.54) is 0 Å². The largest absolute Gasteiger partial charge is 0.507 e. The van der Waals surface area contributed by atoms with Crippen LogP contribution in [0, 0.1) is 0 Å². The second-order valence-electron chi connectivity index (χ2n) is 22.8. The topological polar surface area (TPSA) is 93.9 Å². The third-order valence-corrected chi connectivity index (χ3v) is 16.7. The Balaban J connectivity index is 1.02. The van der Waals surface area contributed by atoms with Crippen molar-refractivity contribution < 1.29 is 20.4 Å². The quantitative estimate of drug-likeness (QED) is 0.0760. The lowest BCUT2D eigenvalue weighted by atomic mass is 9.88. The molecule has 8 bridgehead atoms. The Morgan fingerprint density at radius 1 is 0.193 bits per heavy atom. The number of fused-ring (bicyclic) bond motifs is 8.